The zero-order valence-corrected chi connectivity index (χ0v) is 7.51. The van der Waals surface area contributed by atoms with Crippen molar-refractivity contribution in [1.82, 2.24) is 4.90 Å². The zero-order valence-electron chi connectivity index (χ0n) is 7.51. The van der Waals surface area contributed by atoms with Gasteiger partial charge in [-0.05, 0) is 32.5 Å². The molecule has 0 unspecified atom stereocenters. The van der Waals surface area contributed by atoms with Gasteiger partial charge in [-0.15, -0.1) is 0 Å². The molecule has 1 fully saturated rings. The monoisotopic (exact) mass is 171 g/mol. The molecule has 0 aromatic heterocycles. The van der Waals surface area contributed by atoms with Gasteiger partial charge in [0.25, 0.3) is 0 Å². The number of allylic oxidation sites excluding steroid dienone is 1. The minimum atomic E-state index is -0.603. The first-order chi connectivity index (χ1) is 5.61. The molecule has 0 aromatic rings. The van der Waals surface area contributed by atoms with Crippen molar-refractivity contribution in [2.45, 2.75) is 25.8 Å². The van der Waals surface area contributed by atoms with Crippen molar-refractivity contribution in [2.24, 2.45) is 0 Å². The Bertz CT molecular complexity index is 213. The van der Waals surface area contributed by atoms with Crippen molar-refractivity contribution < 1.29 is 9.18 Å². The molecule has 1 atom stereocenters. The number of ketones is 1. The molecule has 0 aromatic carbocycles. The molecule has 12 heavy (non-hydrogen) atoms. The fraction of sp³-hybridized carbons (Fsp3) is 0.667. The number of likely N-dealkylation sites (N-methyl/N-ethyl adjacent to an activating group) is 1. The van der Waals surface area contributed by atoms with Gasteiger partial charge in [-0.25, -0.2) is 4.39 Å². The van der Waals surface area contributed by atoms with Crippen LogP contribution in [0.25, 0.3) is 0 Å². The fourth-order valence-electron chi connectivity index (χ4n) is 1.43. The third-order valence-electron chi connectivity index (χ3n) is 2.25. The van der Waals surface area contributed by atoms with E-state index in [1.165, 1.54) is 13.0 Å². The largest absolute Gasteiger partial charge is 0.300 e. The van der Waals surface area contributed by atoms with Gasteiger partial charge >= 0.3 is 0 Å². The summed E-state index contributed by atoms with van der Waals surface area (Å²) in [5.41, 5.74) is 0. The molecular formula is C9H14FNO. The van der Waals surface area contributed by atoms with Crippen molar-refractivity contribution in [1.29, 1.82) is 0 Å². The molecule has 0 spiro atoms. The Balaban J connectivity index is 2.59. The normalized spacial score (nSPS) is 26.2. The lowest BCUT2D eigenvalue weighted by atomic mass is 10.2. The molecule has 1 rings (SSSR count). The minimum absolute atomic E-state index is 0.119. The van der Waals surface area contributed by atoms with Crippen LogP contribution in [0, 0.1) is 0 Å². The number of carbonyl (C=O) groups is 1. The standard InChI is InChI=1S/C9H14FNO/c1-7(12)9(10)6-8-4-3-5-11(8)2/h6,8H,3-5H2,1-2H3/b9-6+/t8-/m1/s1. The van der Waals surface area contributed by atoms with Crippen LogP contribution < -0.4 is 0 Å². The second-order valence-electron chi connectivity index (χ2n) is 3.26. The first kappa shape index (κ1) is 9.39. The number of carbonyl (C=O) groups excluding carboxylic acids is 1. The van der Waals surface area contributed by atoms with Gasteiger partial charge in [-0.3, -0.25) is 9.69 Å². The lowest BCUT2D eigenvalue weighted by molar-refractivity contribution is -0.115. The maximum absolute atomic E-state index is 12.8. The summed E-state index contributed by atoms with van der Waals surface area (Å²) in [6, 6.07) is 0.119. The van der Waals surface area contributed by atoms with Crippen molar-refractivity contribution in [3.63, 3.8) is 0 Å². The van der Waals surface area contributed by atoms with Crippen LogP contribution >= 0.6 is 0 Å². The van der Waals surface area contributed by atoms with E-state index in [9.17, 15) is 9.18 Å². The number of hydrogen-bond acceptors (Lipinski definition) is 2. The van der Waals surface area contributed by atoms with E-state index < -0.39 is 11.6 Å². The first-order valence-electron chi connectivity index (χ1n) is 4.20. The molecule has 0 N–H and O–H groups in total. The second kappa shape index (κ2) is 3.81. The molecule has 0 radical (unpaired) electrons. The molecule has 1 saturated heterocycles. The third-order valence-corrected chi connectivity index (χ3v) is 2.25. The maximum atomic E-state index is 12.8. The molecular weight excluding hydrogens is 157 g/mol. The van der Waals surface area contributed by atoms with E-state index in [1.54, 1.807) is 0 Å². The van der Waals surface area contributed by atoms with Crippen LogP contribution in [0.2, 0.25) is 0 Å². The fourth-order valence-corrected chi connectivity index (χ4v) is 1.43. The highest BCUT2D eigenvalue weighted by Crippen LogP contribution is 2.17. The molecule has 1 aliphatic rings. The molecule has 1 heterocycles. The number of likely N-dealkylation sites (tertiary alicyclic amines) is 1. The number of nitrogens with zero attached hydrogens (tertiary/aromatic N) is 1. The highest BCUT2D eigenvalue weighted by molar-refractivity contribution is 5.90. The molecule has 1 aliphatic heterocycles. The Morgan fingerprint density at radius 1 is 1.67 bits per heavy atom. The third kappa shape index (κ3) is 2.14. The summed E-state index contributed by atoms with van der Waals surface area (Å²) < 4.78 is 12.8. The molecule has 0 aliphatic carbocycles. The number of hydrogen-bond donors (Lipinski definition) is 0. The lowest BCUT2D eigenvalue weighted by Gasteiger charge is -2.14. The van der Waals surface area contributed by atoms with Crippen LogP contribution in [0.1, 0.15) is 19.8 Å². The Morgan fingerprint density at radius 3 is 2.75 bits per heavy atom. The average molecular weight is 171 g/mol. The van der Waals surface area contributed by atoms with Crippen LogP contribution in [0.5, 0.6) is 0 Å². The zero-order chi connectivity index (χ0) is 9.14. The Kier molecular flexibility index (Phi) is 2.98. The molecule has 0 amide bonds. The second-order valence-corrected chi connectivity index (χ2v) is 3.26. The summed E-state index contributed by atoms with van der Waals surface area (Å²) >= 11 is 0. The Morgan fingerprint density at radius 2 is 2.33 bits per heavy atom. The highest BCUT2D eigenvalue weighted by Gasteiger charge is 2.19. The quantitative estimate of drug-likeness (QED) is 0.587. The van der Waals surface area contributed by atoms with Gasteiger partial charge in [0.05, 0.1) is 0 Å². The van der Waals surface area contributed by atoms with Crippen LogP contribution in [0.3, 0.4) is 0 Å². The van der Waals surface area contributed by atoms with Gasteiger partial charge in [0.1, 0.15) is 0 Å². The van der Waals surface area contributed by atoms with E-state index in [2.05, 4.69) is 4.90 Å². The SMILES string of the molecule is CC(=O)/C(F)=C\[C@H]1CCCN1C. The molecule has 0 bridgehead atoms. The topological polar surface area (TPSA) is 20.3 Å². The summed E-state index contributed by atoms with van der Waals surface area (Å²) in [4.78, 5) is 12.6. The first-order valence-corrected chi connectivity index (χ1v) is 4.20. The number of rotatable bonds is 2. The summed E-state index contributed by atoms with van der Waals surface area (Å²) in [5.74, 6) is -1.08. The van der Waals surface area contributed by atoms with Gasteiger partial charge in [-0.2, -0.15) is 0 Å². The number of halogens is 1. The van der Waals surface area contributed by atoms with E-state index in [1.807, 2.05) is 7.05 Å². The molecule has 3 heteroatoms. The smallest absolute Gasteiger partial charge is 0.187 e. The summed E-state index contributed by atoms with van der Waals surface area (Å²) in [6.45, 7) is 2.24. The van der Waals surface area contributed by atoms with E-state index in [4.69, 9.17) is 0 Å². The Labute approximate surface area is 72.1 Å². The van der Waals surface area contributed by atoms with Crippen molar-refractivity contribution in [2.75, 3.05) is 13.6 Å². The van der Waals surface area contributed by atoms with Crippen molar-refractivity contribution >= 4 is 5.78 Å². The van der Waals surface area contributed by atoms with Gasteiger partial charge in [0.2, 0.25) is 0 Å². The molecule has 2 nitrogen and oxygen atoms in total. The van der Waals surface area contributed by atoms with Crippen molar-refractivity contribution in [3.05, 3.63) is 11.9 Å². The van der Waals surface area contributed by atoms with Gasteiger partial charge in [-0.1, -0.05) is 0 Å². The van der Waals surface area contributed by atoms with Gasteiger partial charge in [0.15, 0.2) is 11.6 Å². The lowest BCUT2D eigenvalue weighted by Crippen LogP contribution is -2.23. The van der Waals surface area contributed by atoms with E-state index in [0.717, 1.165) is 19.4 Å². The highest BCUT2D eigenvalue weighted by atomic mass is 19.1. The maximum Gasteiger partial charge on any atom is 0.187 e. The summed E-state index contributed by atoms with van der Waals surface area (Å²) in [6.07, 6.45) is 3.47. The molecule has 0 saturated carbocycles. The number of Topliss-reactive ketones (excluding diaryl/α,β-unsaturated/α-hetero) is 1. The summed E-state index contributed by atoms with van der Waals surface area (Å²) in [7, 11) is 1.95. The van der Waals surface area contributed by atoms with Crippen LogP contribution in [-0.2, 0) is 4.79 Å². The Hall–Kier alpha value is -0.700. The van der Waals surface area contributed by atoms with E-state index in [0.29, 0.717) is 0 Å². The van der Waals surface area contributed by atoms with E-state index >= 15 is 0 Å². The van der Waals surface area contributed by atoms with Crippen LogP contribution in [0.15, 0.2) is 11.9 Å². The van der Waals surface area contributed by atoms with Crippen molar-refractivity contribution in [3.8, 4) is 0 Å². The van der Waals surface area contributed by atoms with Gasteiger partial charge in [0, 0.05) is 13.0 Å². The summed E-state index contributed by atoms with van der Waals surface area (Å²) in [5, 5.41) is 0. The predicted molar refractivity (Wildman–Crippen MR) is 45.5 cm³/mol. The van der Waals surface area contributed by atoms with Crippen LogP contribution in [-0.4, -0.2) is 30.3 Å². The molecule has 68 valence electrons. The van der Waals surface area contributed by atoms with Crippen LogP contribution in [0.4, 0.5) is 4.39 Å². The predicted octanol–water partition coefficient (Wildman–Crippen LogP) is 1.52. The minimum Gasteiger partial charge on any atom is -0.300 e. The van der Waals surface area contributed by atoms with E-state index in [-0.39, 0.29) is 6.04 Å². The average Bonchev–Trinajstić information content (AvgIpc) is 2.36. The van der Waals surface area contributed by atoms with Gasteiger partial charge < -0.3 is 0 Å².